The minimum absolute atomic E-state index is 0.126. The van der Waals surface area contributed by atoms with E-state index in [9.17, 15) is 0 Å². The van der Waals surface area contributed by atoms with E-state index >= 15 is 0 Å². The van der Waals surface area contributed by atoms with Gasteiger partial charge in [-0.15, -0.1) is 0 Å². The molecule has 0 aromatic heterocycles. The minimum Gasteiger partial charge on any atom is -0.373 e. The first kappa shape index (κ1) is 16.5. The van der Waals surface area contributed by atoms with Crippen molar-refractivity contribution in [2.24, 2.45) is 17.8 Å². The van der Waals surface area contributed by atoms with E-state index in [2.05, 4.69) is 63.2 Å². The van der Waals surface area contributed by atoms with Gasteiger partial charge >= 0.3 is 0 Å². The molecule has 0 heterocycles. The van der Waals surface area contributed by atoms with Crippen LogP contribution >= 0.6 is 0 Å². The van der Waals surface area contributed by atoms with Crippen molar-refractivity contribution < 1.29 is 4.74 Å². The number of ether oxygens (including phenoxy) is 1. The fraction of sp³-hybridized carbons (Fsp3) is 0.684. The Morgan fingerprint density at radius 3 is 2.38 bits per heavy atom. The van der Waals surface area contributed by atoms with Crippen molar-refractivity contribution in [3.8, 4) is 0 Å². The third kappa shape index (κ3) is 3.49. The molecule has 2 heteroatoms. The van der Waals surface area contributed by atoms with E-state index in [0.29, 0.717) is 5.92 Å². The Morgan fingerprint density at radius 1 is 1.19 bits per heavy atom. The lowest BCUT2D eigenvalue weighted by atomic mass is 9.65. The van der Waals surface area contributed by atoms with Gasteiger partial charge in [-0.2, -0.15) is 0 Å². The Hall–Kier alpha value is -0.860. The van der Waals surface area contributed by atoms with E-state index in [1.54, 1.807) is 0 Å². The average molecular weight is 289 g/mol. The van der Waals surface area contributed by atoms with Crippen molar-refractivity contribution in [2.75, 3.05) is 27.7 Å². The van der Waals surface area contributed by atoms with E-state index in [-0.39, 0.29) is 5.60 Å². The van der Waals surface area contributed by atoms with Crippen molar-refractivity contribution in [1.29, 1.82) is 0 Å². The average Bonchev–Trinajstić information content (AvgIpc) is 2.48. The van der Waals surface area contributed by atoms with Gasteiger partial charge in [0.1, 0.15) is 0 Å². The molecule has 0 saturated heterocycles. The maximum absolute atomic E-state index is 6.23. The maximum atomic E-state index is 6.23. The Bertz CT molecular complexity index is 428. The van der Waals surface area contributed by atoms with Gasteiger partial charge in [0.15, 0.2) is 0 Å². The molecule has 2 nitrogen and oxygen atoms in total. The first-order valence-electron chi connectivity index (χ1n) is 8.25. The molecule has 0 spiro atoms. The summed E-state index contributed by atoms with van der Waals surface area (Å²) in [6.07, 6.45) is 3.72. The SMILES string of the molecule is COC1(c2ccccc2)CC(C(C)C)CCC1CN(C)C. The van der Waals surface area contributed by atoms with E-state index in [0.717, 1.165) is 24.8 Å². The fourth-order valence-electron chi connectivity index (χ4n) is 4.00. The highest BCUT2D eigenvalue weighted by Crippen LogP contribution is 2.48. The first-order chi connectivity index (χ1) is 9.99. The summed E-state index contributed by atoms with van der Waals surface area (Å²) in [4.78, 5) is 2.30. The number of nitrogens with zero attached hydrogens (tertiary/aromatic N) is 1. The van der Waals surface area contributed by atoms with Gasteiger partial charge in [0, 0.05) is 19.6 Å². The van der Waals surface area contributed by atoms with Crippen molar-refractivity contribution in [3.63, 3.8) is 0 Å². The van der Waals surface area contributed by atoms with Crippen LogP contribution in [0.25, 0.3) is 0 Å². The summed E-state index contributed by atoms with van der Waals surface area (Å²) in [5.41, 5.74) is 1.23. The number of rotatable bonds is 5. The molecule has 2 rings (SSSR count). The molecule has 1 aromatic rings. The largest absolute Gasteiger partial charge is 0.373 e. The highest BCUT2D eigenvalue weighted by Gasteiger charge is 2.46. The van der Waals surface area contributed by atoms with Gasteiger partial charge in [0.2, 0.25) is 0 Å². The van der Waals surface area contributed by atoms with Gasteiger partial charge < -0.3 is 9.64 Å². The molecule has 0 aliphatic heterocycles. The van der Waals surface area contributed by atoms with E-state index in [1.165, 1.54) is 18.4 Å². The van der Waals surface area contributed by atoms with E-state index in [1.807, 2.05) is 7.11 Å². The molecule has 3 unspecified atom stereocenters. The smallest absolute Gasteiger partial charge is 0.0970 e. The number of methoxy groups -OCH3 is 1. The van der Waals surface area contributed by atoms with Crippen LogP contribution in [0, 0.1) is 17.8 Å². The highest BCUT2D eigenvalue weighted by atomic mass is 16.5. The van der Waals surface area contributed by atoms with Gasteiger partial charge in [-0.1, -0.05) is 44.2 Å². The second kappa shape index (κ2) is 6.93. The molecule has 1 aliphatic rings. The molecule has 0 radical (unpaired) electrons. The predicted octanol–water partition coefficient (Wildman–Crippen LogP) is 4.16. The van der Waals surface area contributed by atoms with E-state index < -0.39 is 0 Å². The Balaban J connectivity index is 2.37. The molecule has 1 fully saturated rings. The van der Waals surface area contributed by atoms with Crippen LogP contribution in [-0.4, -0.2) is 32.6 Å². The highest BCUT2D eigenvalue weighted by molar-refractivity contribution is 5.25. The summed E-state index contributed by atoms with van der Waals surface area (Å²) in [5.74, 6) is 2.04. The minimum atomic E-state index is -0.126. The molecular weight excluding hydrogens is 258 g/mol. The molecule has 0 bridgehead atoms. The van der Waals surface area contributed by atoms with Crippen LogP contribution < -0.4 is 0 Å². The second-order valence-corrected chi connectivity index (χ2v) is 7.20. The van der Waals surface area contributed by atoms with Crippen LogP contribution in [0.4, 0.5) is 0 Å². The Morgan fingerprint density at radius 2 is 1.86 bits per heavy atom. The number of hydrogen-bond donors (Lipinski definition) is 0. The molecule has 118 valence electrons. The van der Waals surface area contributed by atoms with Crippen molar-refractivity contribution in [1.82, 2.24) is 4.90 Å². The zero-order chi connectivity index (χ0) is 15.5. The second-order valence-electron chi connectivity index (χ2n) is 7.20. The normalized spacial score (nSPS) is 30.0. The lowest BCUT2D eigenvalue weighted by Crippen LogP contribution is -2.47. The summed E-state index contributed by atoms with van der Waals surface area (Å²) >= 11 is 0. The van der Waals surface area contributed by atoms with Crippen LogP contribution in [0.1, 0.15) is 38.7 Å². The Kier molecular flexibility index (Phi) is 5.45. The molecule has 21 heavy (non-hydrogen) atoms. The number of hydrogen-bond acceptors (Lipinski definition) is 2. The summed E-state index contributed by atoms with van der Waals surface area (Å²) in [7, 11) is 6.23. The summed E-state index contributed by atoms with van der Waals surface area (Å²) in [6.45, 7) is 5.79. The third-order valence-corrected chi connectivity index (χ3v) is 5.27. The Labute approximate surface area is 130 Å². The standard InChI is InChI=1S/C19H31NO/c1-15(2)16-11-12-18(14-20(3)4)19(13-16,21-5)17-9-7-6-8-10-17/h6-10,15-16,18H,11-14H2,1-5H3. The van der Waals surface area contributed by atoms with Crippen LogP contribution in [0.3, 0.4) is 0 Å². The third-order valence-electron chi connectivity index (χ3n) is 5.27. The van der Waals surface area contributed by atoms with Crippen molar-refractivity contribution in [3.05, 3.63) is 35.9 Å². The van der Waals surface area contributed by atoms with Crippen molar-refractivity contribution in [2.45, 2.75) is 38.7 Å². The summed E-state index contributed by atoms with van der Waals surface area (Å²) in [6, 6.07) is 10.9. The quantitative estimate of drug-likeness (QED) is 0.807. The van der Waals surface area contributed by atoms with Gasteiger partial charge in [0.25, 0.3) is 0 Å². The predicted molar refractivity (Wildman–Crippen MR) is 89.4 cm³/mol. The van der Waals surface area contributed by atoms with Crippen LogP contribution in [0.2, 0.25) is 0 Å². The summed E-state index contributed by atoms with van der Waals surface area (Å²) < 4.78 is 6.23. The summed E-state index contributed by atoms with van der Waals surface area (Å²) in [5, 5.41) is 0. The number of benzene rings is 1. The lowest BCUT2D eigenvalue weighted by Gasteiger charge is -2.48. The molecule has 0 N–H and O–H groups in total. The van der Waals surface area contributed by atoms with E-state index in [4.69, 9.17) is 4.74 Å². The van der Waals surface area contributed by atoms with Crippen LogP contribution in [0.15, 0.2) is 30.3 Å². The molecule has 1 aliphatic carbocycles. The maximum Gasteiger partial charge on any atom is 0.0970 e. The van der Waals surface area contributed by atoms with Gasteiger partial charge in [-0.25, -0.2) is 0 Å². The van der Waals surface area contributed by atoms with Crippen molar-refractivity contribution >= 4 is 0 Å². The molecule has 1 saturated carbocycles. The zero-order valence-electron chi connectivity index (χ0n) is 14.3. The molecule has 1 aromatic carbocycles. The van der Waals surface area contributed by atoms with Gasteiger partial charge in [-0.3, -0.25) is 0 Å². The monoisotopic (exact) mass is 289 g/mol. The lowest BCUT2D eigenvalue weighted by molar-refractivity contribution is -0.115. The molecule has 3 atom stereocenters. The molecule has 0 amide bonds. The zero-order valence-corrected chi connectivity index (χ0v) is 14.3. The van der Waals surface area contributed by atoms with Crippen LogP contribution in [0.5, 0.6) is 0 Å². The van der Waals surface area contributed by atoms with Gasteiger partial charge in [0.05, 0.1) is 5.60 Å². The molecular formula is C19H31NO. The van der Waals surface area contributed by atoms with Gasteiger partial charge in [-0.05, 0) is 50.8 Å². The topological polar surface area (TPSA) is 12.5 Å². The first-order valence-corrected chi connectivity index (χ1v) is 8.25. The van der Waals surface area contributed by atoms with Crippen LogP contribution in [-0.2, 0) is 10.3 Å². The fourth-order valence-corrected chi connectivity index (χ4v) is 4.00.